The molecule has 1 aromatic rings. The molecule has 1 rings (SSSR count). The highest BCUT2D eigenvalue weighted by Crippen LogP contribution is 2.15. The van der Waals surface area contributed by atoms with Gasteiger partial charge >= 0.3 is 0 Å². The molecular formula is C16H25NO. The van der Waals surface area contributed by atoms with Crippen molar-refractivity contribution in [3.8, 4) is 0 Å². The van der Waals surface area contributed by atoms with E-state index in [1.807, 2.05) is 24.3 Å². The highest BCUT2D eigenvalue weighted by molar-refractivity contribution is 5.19. The van der Waals surface area contributed by atoms with Crippen molar-refractivity contribution in [1.82, 2.24) is 5.32 Å². The van der Waals surface area contributed by atoms with Crippen LogP contribution in [0.2, 0.25) is 0 Å². The Labute approximate surface area is 111 Å². The maximum atomic E-state index is 9.53. The highest BCUT2D eigenvalue weighted by Gasteiger charge is 2.14. The summed E-state index contributed by atoms with van der Waals surface area (Å²) in [7, 11) is 0. The predicted molar refractivity (Wildman–Crippen MR) is 77.5 cm³/mol. The van der Waals surface area contributed by atoms with E-state index in [-0.39, 0.29) is 12.6 Å². The van der Waals surface area contributed by atoms with Crippen LogP contribution in [-0.4, -0.2) is 17.8 Å². The molecule has 0 spiro atoms. The molecule has 2 N–H and O–H groups in total. The van der Waals surface area contributed by atoms with Gasteiger partial charge in [-0.3, -0.25) is 0 Å². The number of hydrogen-bond donors (Lipinski definition) is 2. The molecule has 0 heterocycles. The van der Waals surface area contributed by atoms with Crippen molar-refractivity contribution < 1.29 is 5.11 Å². The Bertz CT molecular complexity index is 323. The van der Waals surface area contributed by atoms with Gasteiger partial charge in [-0.15, -0.1) is 6.58 Å². The molecule has 0 bridgehead atoms. The van der Waals surface area contributed by atoms with E-state index in [4.69, 9.17) is 0 Å². The molecule has 0 radical (unpaired) electrons. The van der Waals surface area contributed by atoms with Crippen molar-refractivity contribution in [2.75, 3.05) is 6.61 Å². The smallest absolute Gasteiger partial charge is 0.0626 e. The maximum absolute atomic E-state index is 9.53. The number of aliphatic hydroxyl groups is 1. The Morgan fingerprint density at radius 2 is 2.06 bits per heavy atom. The SMILES string of the molecule is C=CC[C@H](CCCC)N[C@@H](CO)c1ccccc1. The molecule has 0 aromatic heterocycles. The van der Waals surface area contributed by atoms with E-state index in [1.165, 1.54) is 12.8 Å². The molecule has 18 heavy (non-hydrogen) atoms. The third-order valence-electron chi connectivity index (χ3n) is 3.18. The minimum atomic E-state index is 0.0213. The third-order valence-corrected chi connectivity index (χ3v) is 3.18. The largest absolute Gasteiger partial charge is 0.394 e. The molecule has 100 valence electrons. The van der Waals surface area contributed by atoms with Crippen molar-refractivity contribution >= 4 is 0 Å². The van der Waals surface area contributed by atoms with E-state index in [0.717, 1.165) is 18.4 Å². The summed E-state index contributed by atoms with van der Waals surface area (Å²) in [5, 5.41) is 13.1. The minimum absolute atomic E-state index is 0.0213. The van der Waals surface area contributed by atoms with Gasteiger partial charge in [0, 0.05) is 6.04 Å². The zero-order chi connectivity index (χ0) is 13.2. The summed E-state index contributed by atoms with van der Waals surface area (Å²) in [6, 6.07) is 10.5. The Morgan fingerprint density at radius 3 is 2.61 bits per heavy atom. The normalized spacial score (nSPS) is 14.1. The fourth-order valence-corrected chi connectivity index (χ4v) is 2.15. The molecule has 0 saturated heterocycles. The molecule has 0 fully saturated rings. The third kappa shape index (κ3) is 5.03. The monoisotopic (exact) mass is 247 g/mol. The average molecular weight is 247 g/mol. The quantitative estimate of drug-likeness (QED) is 0.655. The summed E-state index contributed by atoms with van der Waals surface area (Å²) in [6.45, 7) is 6.14. The Balaban J connectivity index is 2.61. The number of benzene rings is 1. The van der Waals surface area contributed by atoms with Gasteiger partial charge in [0.15, 0.2) is 0 Å². The maximum Gasteiger partial charge on any atom is 0.0626 e. The molecule has 1 aromatic carbocycles. The molecule has 2 heteroatoms. The van der Waals surface area contributed by atoms with E-state index in [0.29, 0.717) is 6.04 Å². The number of hydrogen-bond acceptors (Lipinski definition) is 2. The van der Waals surface area contributed by atoms with Crippen LogP contribution in [0.4, 0.5) is 0 Å². The Morgan fingerprint density at radius 1 is 1.33 bits per heavy atom. The van der Waals surface area contributed by atoms with E-state index in [2.05, 4.69) is 31.0 Å². The van der Waals surface area contributed by atoms with Gasteiger partial charge < -0.3 is 10.4 Å². The second kappa shape index (κ2) is 8.90. The summed E-state index contributed by atoms with van der Waals surface area (Å²) in [5.74, 6) is 0. The molecule has 0 aliphatic rings. The van der Waals surface area contributed by atoms with Crippen LogP contribution < -0.4 is 5.32 Å². The van der Waals surface area contributed by atoms with Crippen LogP contribution in [0.15, 0.2) is 43.0 Å². The molecule has 0 aliphatic carbocycles. The van der Waals surface area contributed by atoms with Crippen molar-refractivity contribution in [1.29, 1.82) is 0 Å². The van der Waals surface area contributed by atoms with E-state index >= 15 is 0 Å². The van der Waals surface area contributed by atoms with Gasteiger partial charge in [-0.05, 0) is 18.4 Å². The first kappa shape index (κ1) is 14.9. The van der Waals surface area contributed by atoms with Crippen molar-refractivity contribution in [2.24, 2.45) is 0 Å². The van der Waals surface area contributed by atoms with Crippen molar-refractivity contribution in [2.45, 2.75) is 44.7 Å². The van der Waals surface area contributed by atoms with Crippen LogP contribution in [0.25, 0.3) is 0 Å². The van der Waals surface area contributed by atoms with Crippen molar-refractivity contribution in [3.05, 3.63) is 48.6 Å². The summed E-state index contributed by atoms with van der Waals surface area (Å²) in [4.78, 5) is 0. The molecule has 2 atom stereocenters. The topological polar surface area (TPSA) is 32.3 Å². The molecule has 0 unspecified atom stereocenters. The Kier molecular flexibility index (Phi) is 7.38. The lowest BCUT2D eigenvalue weighted by atomic mass is 10.0. The molecule has 0 aliphatic heterocycles. The van der Waals surface area contributed by atoms with Gasteiger partial charge in [-0.25, -0.2) is 0 Å². The lowest BCUT2D eigenvalue weighted by molar-refractivity contribution is 0.229. The highest BCUT2D eigenvalue weighted by atomic mass is 16.3. The minimum Gasteiger partial charge on any atom is -0.394 e. The lowest BCUT2D eigenvalue weighted by Crippen LogP contribution is -2.34. The predicted octanol–water partition coefficient (Wildman–Crippen LogP) is 3.44. The van der Waals surface area contributed by atoms with Gasteiger partial charge in [-0.2, -0.15) is 0 Å². The average Bonchev–Trinajstić information content (AvgIpc) is 2.43. The fourth-order valence-electron chi connectivity index (χ4n) is 2.15. The van der Waals surface area contributed by atoms with Crippen LogP contribution in [0.1, 0.15) is 44.2 Å². The van der Waals surface area contributed by atoms with E-state index < -0.39 is 0 Å². The second-order valence-electron chi connectivity index (χ2n) is 4.68. The van der Waals surface area contributed by atoms with Gasteiger partial charge in [0.2, 0.25) is 0 Å². The zero-order valence-corrected chi connectivity index (χ0v) is 11.3. The van der Waals surface area contributed by atoms with Crippen LogP contribution in [-0.2, 0) is 0 Å². The fraction of sp³-hybridized carbons (Fsp3) is 0.500. The van der Waals surface area contributed by atoms with Crippen LogP contribution in [0.3, 0.4) is 0 Å². The first-order valence-electron chi connectivity index (χ1n) is 6.84. The van der Waals surface area contributed by atoms with Gasteiger partial charge in [0.1, 0.15) is 0 Å². The summed E-state index contributed by atoms with van der Waals surface area (Å²) in [6.07, 6.45) is 6.44. The van der Waals surface area contributed by atoms with E-state index in [1.54, 1.807) is 0 Å². The molecule has 0 saturated carbocycles. The standard InChI is InChI=1S/C16H25NO/c1-3-5-12-15(9-4-2)17-16(13-18)14-10-7-6-8-11-14/h4,6-8,10-11,15-18H,2-3,5,9,12-13H2,1H3/t15-,16+/m1/s1. The first-order valence-corrected chi connectivity index (χ1v) is 6.84. The first-order chi connectivity index (χ1) is 8.81. The van der Waals surface area contributed by atoms with E-state index in [9.17, 15) is 5.11 Å². The van der Waals surface area contributed by atoms with Gasteiger partial charge in [-0.1, -0.05) is 56.2 Å². The van der Waals surface area contributed by atoms with Crippen LogP contribution >= 0.6 is 0 Å². The summed E-state index contributed by atoms with van der Waals surface area (Å²) < 4.78 is 0. The van der Waals surface area contributed by atoms with Gasteiger partial charge in [0.05, 0.1) is 12.6 Å². The second-order valence-corrected chi connectivity index (χ2v) is 4.68. The summed E-state index contributed by atoms with van der Waals surface area (Å²) >= 11 is 0. The van der Waals surface area contributed by atoms with Crippen molar-refractivity contribution in [3.63, 3.8) is 0 Å². The number of unbranched alkanes of at least 4 members (excludes halogenated alkanes) is 1. The Hall–Kier alpha value is -1.12. The van der Waals surface area contributed by atoms with Crippen LogP contribution in [0, 0.1) is 0 Å². The number of nitrogens with one attached hydrogen (secondary N) is 1. The molecule has 2 nitrogen and oxygen atoms in total. The summed E-state index contributed by atoms with van der Waals surface area (Å²) in [5.41, 5.74) is 1.14. The number of aliphatic hydroxyl groups excluding tert-OH is 1. The van der Waals surface area contributed by atoms with Crippen LogP contribution in [0.5, 0.6) is 0 Å². The zero-order valence-electron chi connectivity index (χ0n) is 11.3. The molecular weight excluding hydrogens is 222 g/mol. The lowest BCUT2D eigenvalue weighted by Gasteiger charge is -2.24. The van der Waals surface area contributed by atoms with Gasteiger partial charge in [0.25, 0.3) is 0 Å². The number of rotatable bonds is 9. The molecule has 0 amide bonds.